The summed E-state index contributed by atoms with van der Waals surface area (Å²) in [5, 5.41) is 6.12. The maximum atomic E-state index is 11.4. The molecule has 4 heteroatoms. The van der Waals surface area contributed by atoms with Crippen LogP contribution in [0, 0.1) is 0 Å². The Balaban J connectivity index is 2.12. The Hall–Kier alpha value is -1.81. The first kappa shape index (κ1) is 18.2. The van der Waals surface area contributed by atoms with Crippen LogP contribution in [0.15, 0.2) is 42.5 Å². The van der Waals surface area contributed by atoms with E-state index in [-0.39, 0.29) is 6.09 Å². The van der Waals surface area contributed by atoms with E-state index in [1.165, 1.54) is 5.56 Å². The average Bonchev–Trinajstić information content (AvgIpc) is 2.42. The summed E-state index contributed by atoms with van der Waals surface area (Å²) in [6.07, 6.45) is 4.55. The van der Waals surface area contributed by atoms with Gasteiger partial charge in [-0.2, -0.15) is 0 Å². The molecule has 0 bridgehead atoms. The molecule has 2 N–H and O–H groups in total. The van der Waals surface area contributed by atoms with Gasteiger partial charge in [0.15, 0.2) is 0 Å². The van der Waals surface area contributed by atoms with Crippen molar-refractivity contribution in [2.45, 2.75) is 45.8 Å². The molecule has 0 aliphatic rings. The number of nitrogens with one attached hydrogen (secondary N) is 2. The molecular weight excluding hydrogens is 276 g/mol. The van der Waals surface area contributed by atoms with E-state index >= 15 is 0 Å². The fourth-order valence-electron chi connectivity index (χ4n) is 1.93. The second kappa shape index (κ2) is 9.26. The first-order valence-electron chi connectivity index (χ1n) is 7.76. The summed E-state index contributed by atoms with van der Waals surface area (Å²) in [4.78, 5) is 11.4. The summed E-state index contributed by atoms with van der Waals surface area (Å²) < 4.78 is 5.15. The highest BCUT2D eigenvalue weighted by atomic mass is 16.6. The zero-order valence-corrected chi connectivity index (χ0v) is 14.1. The lowest BCUT2D eigenvalue weighted by Gasteiger charge is -2.19. The van der Waals surface area contributed by atoms with E-state index in [1.54, 1.807) is 0 Å². The summed E-state index contributed by atoms with van der Waals surface area (Å²) in [5.41, 5.74) is 0.875. The van der Waals surface area contributed by atoms with Crippen molar-refractivity contribution in [2.75, 3.05) is 13.1 Å². The molecule has 0 saturated heterocycles. The van der Waals surface area contributed by atoms with E-state index in [0.29, 0.717) is 12.6 Å². The van der Waals surface area contributed by atoms with Crippen LogP contribution in [0.5, 0.6) is 0 Å². The van der Waals surface area contributed by atoms with E-state index in [1.807, 2.05) is 39.0 Å². The molecule has 1 rings (SSSR count). The number of amides is 1. The third kappa shape index (κ3) is 9.19. The van der Waals surface area contributed by atoms with Crippen molar-refractivity contribution in [1.82, 2.24) is 10.6 Å². The lowest BCUT2D eigenvalue weighted by Crippen LogP contribution is -2.32. The summed E-state index contributed by atoms with van der Waals surface area (Å²) in [7, 11) is 0. The molecule has 4 nitrogen and oxygen atoms in total. The molecule has 0 fully saturated rings. The number of hydrogen-bond donors (Lipinski definition) is 2. The molecular formula is C18H28N2O2. The predicted octanol–water partition coefficient (Wildman–Crippen LogP) is 3.29. The molecule has 22 heavy (non-hydrogen) atoms. The Bertz CT molecular complexity index is 464. The smallest absolute Gasteiger partial charge is 0.407 e. The first-order chi connectivity index (χ1) is 10.4. The molecule has 1 amide bonds. The van der Waals surface area contributed by atoms with Crippen LogP contribution in [0.4, 0.5) is 4.79 Å². The van der Waals surface area contributed by atoms with Gasteiger partial charge in [0.1, 0.15) is 5.60 Å². The van der Waals surface area contributed by atoms with Gasteiger partial charge in [0.2, 0.25) is 0 Å². The van der Waals surface area contributed by atoms with E-state index < -0.39 is 5.60 Å². The molecule has 1 atom stereocenters. The van der Waals surface area contributed by atoms with Crippen molar-refractivity contribution in [3.05, 3.63) is 48.0 Å². The molecule has 0 spiro atoms. The minimum Gasteiger partial charge on any atom is -0.444 e. The van der Waals surface area contributed by atoms with Crippen molar-refractivity contribution < 1.29 is 9.53 Å². The number of ether oxygens (including phenoxy) is 1. The second-order valence-corrected chi connectivity index (χ2v) is 6.35. The third-order valence-corrected chi connectivity index (χ3v) is 2.90. The summed E-state index contributed by atoms with van der Waals surface area (Å²) in [6, 6.07) is 10.8. The molecule has 0 aliphatic carbocycles. The molecule has 1 aromatic carbocycles. The molecule has 1 unspecified atom stereocenters. The van der Waals surface area contributed by atoms with Crippen LogP contribution in [0.2, 0.25) is 0 Å². The predicted molar refractivity (Wildman–Crippen MR) is 91.0 cm³/mol. The van der Waals surface area contributed by atoms with Crippen LogP contribution in [0.25, 0.3) is 0 Å². The topological polar surface area (TPSA) is 50.4 Å². The van der Waals surface area contributed by atoms with Crippen molar-refractivity contribution in [2.24, 2.45) is 0 Å². The van der Waals surface area contributed by atoms with Gasteiger partial charge in [-0.3, -0.25) is 0 Å². The molecule has 1 aromatic rings. The van der Waals surface area contributed by atoms with Crippen LogP contribution in [0.3, 0.4) is 0 Å². The zero-order valence-electron chi connectivity index (χ0n) is 14.1. The van der Waals surface area contributed by atoms with Gasteiger partial charge in [0.25, 0.3) is 0 Å². The number of carbonyl (C=O) groups is 1. The normalized spacial score (nSPS) is 13.1. The van der Waals surface area contributed by atoms with Gasteiger partial charge in [-0.05, 0) is 39.7 Å². The second-order valence-electron chi connectivity index (χ2n) is 6.35. The monoisotopic (exact) mass is 304 g/mol. The van der Waals surface area contributed by atoms with Gasteiger partial charge >= 0.3 is 6.09 Å². The van der Waals surface area contributed by atoms with Gasteiger partial charge in [-0.25, -0.2) is 4.79 Å². The molecule has 0 aromatic heterocycles. The summed E-state index contributed by atoms with van der Waals surface area (Å²) in [6.45, 7) is 8.97. The summed E-state index contributed by atoms with van der Waals surface area (Å²) in [5.74, 6) is 0. The van der Waals surface area contributed by atoms with Gasteiger partial charge in [0.05, 0.1) is 0 Å². The first-order valence-corrected chi connectivity index (χ1v) is 7.76. The fraction of sp³-hybridized carbons (Fsp3) is 0.500. The van der Waals surface area contributed by atoms with Crippen LogP contribution >= 0.6 is 0 Å². The van der Waals surface area contributed by atoms with Crippen molar-refractivity contribution in [3.8, 4) is 0 Å². The van der Waals surface area contributed by atoms with Gasteiger partial charge in [0, 0.05) is 19.1 Å². The number of benzene rings is 1. The van der Waals surface area contributed by atoms with Gasteiger partial charge in [-0.15, -0.1) is 0 Å². The standard InChI is InChI=1S/C18H28N2O2/c1-15(14-16-10-6-5-7-11-16)19-12-8-9-13-20-17(21)22-18(2,3)4/h5-11,15,19H,12-14H2,1-4H3,(H,20,21)/b9-8+. The Kier molecular flexibility index (Phi) is 7.67. The van der Waals surface area contributed by atoms with E-state index in [2.05, 4.69) is 41.8 Å². The average molecular weight is 304 g/mol. The Morgan fingerprint density at radius 1 is 1.18 bits per heavy atom. The number of carbonyl (C=O) groups excluding carboxylic acids is 1. The highest BCUT2D eigenvalue weighted by molar-refractivity contribution is 5.67. The van der Waals surface area contributed by atoms with Crippen molar-refractivity contribution in [3.63, 3.8) is 0 Å². The fourth-order valence-corrected chi connectivity index (χ4v) is 1.93. The quantitative estimate of drug-likeness (QED) is 0.760. The minimum absolute atomic E-state index is 0.387. The molecule has 0 saturated carbocycles. The number of rotatable bonds is 7. The molecule has 122 valence electrons. The van der Waals surface area contributed by atoms with E-state index in [4.69, 9.17) is 4.74 Å². The Morgan fingerprint density at radius 2 is 1.82 bits per heavy atom. The van der Waals surface area contributed by atoms with Crippen LogP contribution in [-0.4, -0.2) is 30.8 Å². The maximum absolute atomic E-state index is 11.4. The zero-order chi connectivity index (χ0) is 16.4. The molecule has 0 aliphatic heterocycles. The lowest BCUT2D eigenvalue weighted by atomic mass is 10.1. The maximum Gasteiger partial charge on any atom is 0.407 e. The van der Waals surface area contributed by atoms with Crippen LogP contribution in [-0.2, 0) is 11.2 Å². The Labute approximate surface area is 133 Å². The number of alkyl carbamates (subject to hydrolysis) is 1. The minimum atomic E-state index is -0.456. The molecule has 0 radical (unpaired) electrons. The largest absolute Gasteiger partial charge is 0.444 e. The molecule has 0 heterocycles. The third-order valence-electron chi connectivity index (χ3n) is 2.90. The van der Waals surface area contributed by atoms with Crippen molar-refractivity contribution >= 4 is 6.09 Å². The van der Waals surface area contributed by atoms with Crippen LogP contribution < -0.4 is 10.6 Å². The van der Waals surface area contributed by atoms with E-state index in [9.17, 15) is 4.79 Å². The highest BCUT2D eigenvalue weighted by Gasteiger charge is 2.14. The van der Waals surface area contributed by atoms with Crippen LogP contribution in [0.1, 0.15) is 33.3 Å². The van der Waals surface area contributed by atoms with Gasteiger partial charge in [-0.1, -0.05) is 42.5 Å². The van der Waals surface area contributed by atoms with Crippen molar-refractivity contribution in [1.29, 1.82) is 0 Å². The van der Waals surface area contributed by atoms with Gasteiger partial charge < -0.3 is 15.4 Å². The lowest BCUT2D eigenvalue weighted by molar-refractivity contribution is 0.0534. The summed E-state index contributed by atoms with van der Waals surface area (Å²) >= 11 is 0. The number of hydrogen-bond acceptors (Lipinski definition) is 3. The SMILES string of the molecule is CC(Cc1ccccc1)NC/C=C/CNC(=O)OC(C)(C)C. The highest BCUT2D eigenvalue weighted by Crippen LogP contribution is 2.06. The Morgan fingerprint density at radius 3 is 2.45 bits per heavy atom. The van der Waals surface area contributed by atoms with E-state index in [0.717, 1.165) is 13.0 Å².